The van der Waals surface area contributed by atoms with Crippen molar-refractivity contribution in [2.45, 2.75) is 26.4 Å². The third-order valence-electron chi connectivity index (χ3n) is 3.29. The second-order valence-corrected chi connectivity index (χ2v) is 5.21. The maximum Gasteiger partial charge on any atom is 0.417 e. The molecule has 0 aliphatic carbocycles. The number of carbonyl (C=O) groups excluding carboxylic acids is 1. The number of aromatic nitrogens is 3. The summed E-state index contributed by atoms with van der Waals surface area (Å²) in [6.07, 6.45) is -3.44. The number of hydrogen-bond donors (Lipinski definition) is 1. The fourth-order valence-electron chi connectivity index (χ4n) is 2.05. The molecule has 0 saturated carbocycles. The molecule has 24 heavy (non-hydrogen) atoms. The predicted octanol–water partition coefficient (Wildman–Crippen LogP) is 3.80. The maximum absolute atomic E-state index is 12.6. The van der Waals surface area contributed by atoms with Crippen LogP contribution in [-0.4, -0.2) is 27.8 Å². The monoisotopic (exact) mass is 362 g/mol. The molecule has 0 unspecified atom stereocenters. The summed E-state index contributed by atoms with van der Waals surface area (Å²) in [5.41, 5.74) is 0.189. The first-order chi connectivity index (χ1) is 11.2. The second-order valence-electron chi connectivity index (χ2n) is 4.80. The summed E-state index contributed by atoms with van der Waals surface area (Å²) in [6.45, 7) is 3.50. The summed E-state index contributed by atoms with van der Waals surface area (Å²) in [5.74, 6) is -0.159. The molecule has 0 aromatic carbocycles. The Balaban J connectivity index is 2.40. The van der Waals surface area contributed by atoms with Crippen molar-refractivity contribution in [1.82, 2.24) is 20.1 Å². The summed E-state index contributed by atoms with van der Waals surface area (Å²) < 4.78 is 44.4. The zero-order valence-corrected chi connectivity index (χ0v) is 13.8. The highest BCUT2D eigenvalue weighted by molar-refractivity contribution is 6.31. The first-order valence-corrected chi connectivity index (χ1v) is 7.28. The topological polar surface area (TPSA) is 69.0 Å². The molecule has 0 atom stereocenters. The van der Waals surface area contributed by atoms with E-state index in [1.54, 1.807) is 6.92 Å². The largest absolute Gasteiger partial charge is 0.417 e. The average Bonchev–Trinajstić information content (AvgIpc) is 2.83. The third kappa shape index (κ3) is 3.45. The van der Waals surface area contributed by atoms with Crippen LogP contribution in [0.2, 0.25) is 5.02 Å². The molecule has 0 bridgehead atoms. The van der Waals surface area contributed by atoms with Crippen LogP contribution in [0.1, 0.15) is 23.7 Å². The zero-order valence-electron chi connectivity index (χ0n) is 13.0. The number of pyridine rings is 1. The van der Waals surface area contributed by atoms with Gasteiger partial charge in [-0.25, -0.2) is 9.78 Å². The van der Waals surface area contributed by atoms with Gasteiger partial charge in [0.05, 0.1) is 11.3 Å². The number of hydrogen-bond acceptors (Lipinski definition) is 4. The highest BCUT2D eigenvalue weighted by Crippen LogP contribution is 2.35. The van der Waals surface area contributed by atoms with Gasteiger partial charge in [-0.15, -0.1) is 5.10 Å². The maximum atomic E-state index is 12.6. The van der Waals surface area contributed by atoms with Crippen molar-refractivity contribution in [3.8, 4) is 11.8 Å². The Morgan fingerprint density at radius 2 is 2.08 bits per heavy atom. The van der Waals surface area contributed by atoms with Crippen LogP contribution in [0.25, 0.3) is 0 Å². The molecule has 2 aromatic rings. The molecule has 0 saturated heterocycles. The lowest BCUT2D eigenvalue weighted by atomic mass is 10.2. The van der Waals surface area contributed by atoms with Crippen LogP contribution >= 0.6 is 11.6 Å². The van der Waals surface area contributed by atoms with Gasteiger partial charge >= 0.3 is 12.2 Å². The van der Waals surface area contributed by atoms with Gasteiger partial charge in [0.1, 0.15) is 5.02 Å². The Hall–Kier alpha value is -2.29. The lowest BCUT2D eigenvalue weighted by Crippen LogP contribution is -2.26. The molecule has 1 amide bonds. The van der Waals surface area contributed by atoms with E-state index in [9.17, 15) is 18.0 Å². The van der Waals surface area contributed by atoms with Crippen molar-refractivity contribution in [2.75, 3.05) is 7.05 Å². The van der Waals surface area contributed by atoms with E-state index in [0.29, 0.717) is 23.9 Å². The summed E-state index contributed by atoms with van der Waals surface area (Å²) in [6, 6.07) is 0.251. The fraction of sp³-hybridized carbons (Fsp3) is 0.357. The van der Waals surface area contributed by atoms with Crippen LogP contribution in [0.5, 0.6) is 11.8 Å². The van der Waals surface area contributed by atoms with Crippen LogP contribution in [0.15, 0.2) is 12.3 Å². The average molecular weight is 363 g/mol. The summed E-state index contributed by atoms with van der Waals surface area (Å²) >= 11 is 5.82. The van der Waals surface area contributed by atoms with Crippen molar-refractivity contribution in [3.63, 3.8) is 0 Å². The number of ether oxygens (including phenoxy) is 1. The molecule has 0 spiro atoms. The highest BCUT2D eigenvalue weighted by Gasteiger charge is 2.32. The molecule has 1 N–H and O–H groups in total. The number of nitrogens with zero attached hydrogens (tertiary/aromatic N) is 3. The van der Waals surface area contributed by atoms with Gasteiger partial charge in [0.15, 0.2) is 0 Å². The summed E-state index contributed by atoms with van der Waals surface area (Å²) in [4.78, 5) is 15.4. The van der Waals surface area contributed by atoms with Crippen LogP contribution in [0, 0.1) is 6.92 Å². The number of alkyl halides is 3. The van der Waals surface area contributed by atoms with Gasteiger partial charge in [0, 0.05) is 18.8 Å². The SMILES string of the molecule is CCc1c(Oc2ncc(C(F)(F)F)cc2Cl)nn(C(=O)NC)c1C. The van der Waals surface area contributed by atoms with Crippen molar-refractivity contribution in [2.24, 2.45) is 0 Å². The zero-order chi connectivity index (χ0) is 18.1. The number of carbonyl (C=O) groups is 1. The van der Waals surface area contributed by atoms with Crippen molar-refractivity contribution in [1.29, 1.82) is 0 Å². The third-order valence-corrected chi connectivity index (χ3v) is 3.56. The normalized spacial score (nSPS) is 11.5. The van der Waals surface area contributed by atoms with E-state index in [4.69, 9.17) is 16.3 Å². The van der Waals surface area contributed by atoms with E-state index in [2.05, 4.69) is 15.4 Å². The smallest absolute Gasteiger partial charge is 0.417 e. The van der Waals surface area contributed by atoms with Gasteiger partial charge in [-0.05, 0) is 19.4 Å². The number of amides is 1. The number of nitrogens with one attached hydrogen (secondary N) is 1. The van der Waals surface area contributed by atoms with Gasteiger partial charge in [0.2, 0.25) is 11.8 Å². The Bertz CT molecular complexity index is 774. The molecule has 2 heterocycles. The molecular formula is C14H14ClF3N4O2. The van der Waals surface area contributed by atoms with E-state index in [0.717, 1.165) is 10.7 Å². The van der Waals surface area contributed by atoms with Crippen molar-refractivity contribution < 1.29 is 22.7 Å². The second kappa shape index (κ2) is 6.68. The Morgan fingerprint density at radius 1 is 1.42 bits per heavy atom. The minimum absolute atomic E-state index is 0.0627. The fourth-order valence-corrected chi connectivity index (χ4v) is 2.25. The van der Waals surface area contributed by atoms with E-state index in [1.165, 1.54) is 7.05 Å². The highest BCUT2D eigenvalue weighted by atomic mass is 35.5. The quantitative estimate of drug-likeness (QED) is 0.901. The van der Waals surface area contributed by atoms with E-state index in [1.807, 2.05) is 6.92 Å². The molecule has 0 fully saturated rings. The lowest BCUT2D eigenvalue weighted by Gasteiger charge is -2.09. The van der Waals surface area contributed by atoms with Crippen LogP contribution in [0.4, 0.5) is 18.0 Å². The Kier molecular flexibility index (Phi) is 5.02. The molecule has 0 aliphatic heterocycles. The van der Waals surface area contributed by atoms with Gasteiger partial charge < -0.3 is 10.1 Å². The Morgan fingerprint density at radius 3 is 2.58 bits per heavy atom. The molecule has 6 nitrogen and oxygen atoms in total. The summed E-state index contributed by atoms with van der Waals surface area (Å²) in [7, 11) is 1.45. The van der Waals surface area contributed by atoms with Gasteiger partial charge in [-0.1, -0.05) is 18.5 Å². The van der Waals surface area contributed by atoms with E-state index < -0.39 is 17.8 Å². The minimum Gasteiger partial charge on any atom is -0.417 e. The van der Waals surface area contributed by atoms with E-state index >= 15 is 0 Å². The van der Waals surface area contributed by atoms with E-state index in [-0.39, 0.29) is 16.8 Å². The van der Waals surface area contributed by atoms with Gasteiger partial charge in [0.25, 0.3) is 0 Å². The molecule has 0 aliphatic rings. The predicted molar refractivity (Wildman–Crippen MR) is 80.5 cm³/mol. The molecule has 130 valence electrons. The van der Waals surface area contributed by atoms with Crippen LogP contribution in [-0.2, 0) is 12.6 Å². The van der Waals surface area contributed by atoms with Gasteiger partial charge in [-0.3, -0.25) is 0 Å². The molecule has 2 aromatic heterocycles. The molecule has 2 rings (SSSR count). The number of rotatable bonds is 3. The lowest BCUT2D eigenvalue weighted by molar-refractivity contribution is -0.137. The molecule has 0 radical (unpaired) electrons. The van der Waals surface area contributed by atoms with Gasteiger partial charge in [-0.2, -0.15) is 17.9 Å². The summed E-state index contributed by atoms with van der Waals surface area (Å²) in [5, 5.41) is 6.14. The first-order valence-electron chi connectivity index (χ1n) is 6.90. The molecule has 10 heteroatoms. The molecular weight excluding hydrogens is 349 g/mol. The Labute approximate surface area is 140 Å². The number of halogens is 4. The standard InChI is InChI=1S/C14H14ClF3N4O2/c1-4-9-7(2)22(13(23)19-3)21-11(9)24-12-10(15)5-8(6-20-12)14(16,17)18/h5-6H,4H2,1-3H3,(H,19,23). The van der Waals surface area contributed by atoms with Crippen molar-refractivity contribution >= 4 is 17.6 Å². The minimum atomic E-state index is -4.55. The van der Waals surface area contributed by atoms with Crippen molar-refractivity contribution in [3.05, 3.63) is 34.1 Å². The van der Waals surface area contributed by atoms with Crippen LogP contribution < -0.4 is 10.1 Å². The first kappa shape index (κ1) is 18.1. The van der Waals surface area contributed by atoms with Crippen LogP contribution in [0.3, 0.4) is 0 Å².